The summed E-state index contributed by atoms with van der Waals surface area (Å²) in [6, 6.07) is 16.3. The van der Waals surface area contributed by atoms with Gasteiger partial charge in [-0.25, -0.2) is 9.59 Å². The van der Waals surface area contributed by atoms with Crippen LogP contribution in [0.1, 0.15) is 18.1 Å². The van der Waals surface area contributed by atoms with E-state index in [0.29, 0.717) is 0 Å². The van der Waals surface area contributed by atoms with Crippen LogP contribution in [0.2, 0.25) is 0 Å². The van der Waals surface area contributed by atoms with Crippen LogP contribution < -0.4 is 0 Å². The van der Waals surface area contributed by atoms with Gasteiger partial charge in [0.1, 0.15) is 6.61 Å². The molecule has 0 unspecified atom stereocenters. The van der Waals surface area contributed by atoms with Crippen molar-refractivity contribution in [3.8, 4) is 11.1 Å². The van der Waals surface area contributed by atoms with E-state index >= 15 is 0 Å². The zero-order valence-electron chi connectivity index (χ0n) is 16.0. The standard InChI is InChI=1S/C22H25NO4/c1-16(2)22(25)27-15-21(24)26-14-18-7-11-20(12-8-18)19-9-5-17(6-10-19)13-23(3)4/h5-12H,1,13-15H2,2-4H3. The highest BCUT2D eigenvalue weighted by Crippen LogP contribution is 2.21. The molecule has 27 heavy (non-hydrogen) atoms. The van der Waals surface area contributed by atoms with Gasteiger partial charge < -0.3 is 14.4 Å². The molecule has 2 aromatic carbocycles. The summed E-state index contributed by atoms with van der Waals surface area (Å²) in [6.45, 7) is 5.59. The van der Waals surface area contributed by atoms with Gasteiger partial charge in [-0.05, 0) is 43.3 Å². The molecule has 0 saturated carbocycles. The molecule has 0 saturated heterocycles. The van der Waals surface area contributed by atoms with Gasteiger partial charge in [-0.1, -0.05) is 55.1 Å². The Hall–Kier alpha value is -2.92. The van der Waals surface area contributed by atoms with Crippen molar-refractivity contribution >= 4 is 11.9 Å². The summed E-state index contributed by atoms with van der Waals surface area (Å²) in [5.74, 6) is -1.20. The Bertz CT molecular complexity index is 792. The summed E-state index contributed by atoms with van der Waals surface area (Å²) in [6.07, 6.45) is 0. The molecule has 0 aromatic heterocycles. The molecule has 5 nitrogen and oxygen atoms in total. The molecule has 0 heterocycles. The maximum atomic E-state index is 11.6. The first-order valence-electron chi connectivity index (χ1n) is 8.66. The third kappa shape index (κ3) is 6.72. The van der Waals surface area contributed by atoms with E-state index in [4.69, 9.17) is 9.47 Å². The highest BCUT2D eigenvalue weighted by atomic mass is 16.6. The second-order valence-electron chi connectivity index (χ2n) is 6.65. The van der Waals surface area contributed by atoms with E-state index < -0.39 is 18.5 Å². The zero-order chi connectivity index (χ0) is 19.8. The Kier molecular flexibility index (Phi) is 7.32. The van der Waals surface area contributed by atoms with Crippen molar-refractivity contribution in [3.63, 3.8) is 0 Å². The van der Waals surface area contributed by atoms with Crippen LogP contribution in [-0.2, 0) is 32.2 Å². The fourth-order valence-electron chi connectivity index (χ4n) is 2.41. The van der Waals surface area contributed by atoms with E-state index in [-0.39, 0.29) is 12.2 Å². The lowest BCUT2D eigenvalue weighted by atomic mass is 10.0. The molecular formula is C22H25NO4. The topological polar surface area (TPSA) is 55.8 Å². The summed E-state index contributed by atoms with van der Waals surface area (Å²) in [5, 5.41) is 0. The van der Waals surface area contributed by atoms with E-state index in [9.17, 15) is 9.59 Å². The highest BCUT2D eigenvalue weighted by molar-refractivity contribution is 5.88. The Morgan fingerprint density at radius 2 is 1.41 bits per heavy atom. The minimum atomic E-state index is -0.604. The van der Waals surface area contributed by atoms with E-state index in [1.54, 1.807) is 0 Å². The molecule has 0 aliphatic heterocycles. The van der Waals surface area contributed by atoms with Gasteiger partial charge in [0.25, 0.3) is 0 Å². The molecule has 0 amide bonds. The number of rotatable bonds is 8. The zero-order valence-corrected chi connectivity index (χ0v) is 16.0. The van der Waals surface area contributed by atoms with Crippen molar-refractivity contribution < 1.29 is 19.1 Å². The average molecular weight is 367 g/mol. The lowest BCUT2D eigenvalue weighted by Crippen LogP contribution is -2.16. The van der Waals surface area contributed by atoms with E-state index in [1.165, 1.54) is 12.5 Å². The van der Waals surface area contributed by atoms with Gasteiger partial charge in [0.05, 0.1) is 0 Å². The molecule has 2 rings (SSSR count). The third-order valence-electron chi connectivity index (χ3n) is 3.81. The lowest BCUT2D eigenvalue weighted by Gasteiger charge is -2.10. The predicted octanol–water partition coefficient (Wildman–Crippen LogP) is 3.58. The largest absolute Gasteiger partial charge is 0.458 e. The normalized spacial score (nSPS) is 10.5. The van der Waals surface area contributed by atoms with Crippen molar-refractivity contribution in [2.24, 2.45) is 0 Å². The van der Waals surface area contributed by atoms with Crippen LogP contribution >= 0.6 is 0 Å². The smallest absolute Gasteiger partial charge is 0.344 e. The third-order valence-corrected chi connectivity index (χ3v) is 3.81. The molecule has 0 spiro atoms. The second kappa shape index (κ2) is 9.69. The number of carbonyl (C=O) groups excluding carboxylic acids is 2. The Morgan fingerprint density at radius 1 is 0.889 bits per heavy atom. The van der Waals surface area contributed by atoms with Gasteiger partial charge in [0, 0.05) is 12.1 Å². The van der Waals surface area contributed by atoms with Gasteiger partial charge in [-0.15, -0.1) is 0 Å². The lowest BCUT2D eigenvalue weighted by molar-refractivity contribution is -0.157. The van der Waals surface area contributed by atoms with Gasteiger partial charge in [-0.3, -0.25) is 0 Å². The average Bonchev–Trinajstić information content (AvgIpc) is 2.65. The highest BCUT2D eigenvalue weighted by Gasteiger charge is 2.09. The van der Waals surface area contributed by atoms with Gasteiger partial charge in [-0.2, -0.15) is 0 Å². The minimum Gasteiger partial charge on any atom is -0.458 e. The van der Waals surface area contributed by atoms with E-state index in [2.05, 4.69) is 35.7 Å². The fraction of sp³-hybridized carbons (Fsp3) is 0.273. The molecule has 0 aliphatic carbocycles. The van der Waals surface area contributed by atoms with Gasteiger partial charge >= 0.3 is 11.9 Å². The number of benzene rings is 2. The van der Waals surface area contributed by atoms with E-state index in [0.717, 1.165) is 23.2 Å². The van der Waals surface area contributed by atoms with Crippen LogP contribution in [0, 0.1) is 0 Å². The van der Waals surface area contributed by atoms with Crippen LogP contribution in [0.3, 0.4) is 0 Å². The van der Waals surface area contributed by atoms with Crippen molar-refractivity contribution in [2.75, 3.05) is 20.7 Å². The molecular weight excluding hydrogens is 342 g/mol. The molecule has 0 N–H and O–H groups in total. The molecule has 5 heteroatoms. The first-order valence-corrected chi connectivity index (χ1v) is 8.66. The first-order chi connectivity index (χ1) is 12.8. The molecule has 0 radical (unpaired) electrons. The molecule has 0 atom stereocenters. The fourth-order valence-corrected chi connectivity index (χ4v) is 2.41. The molecule has 0 fully saturated rings. The molecule has 142 valence electrons. The predicted molar refractivity (Wildman–Crippen MR) is 105 cm³/mol. The van der Waals surface area contributed by atoms with E-state index in [1.807, 2.05) is 38.4 Å². The van der Waals surface area contributed by atoms with Crippen LogP contribution in [0.25, 0.3) is 11.1 Å². The quantitative estimate of drug-likeness (QED) is 0.527. The summed E-state index contributed by atoms with van der Waals surface area (Å²) < 4.78 is 9.85. The number of esters is 2. The number of carbonyl (C=O) groups is 2. The Labute approximate surface area is 160 Å². The molecule has 0 bridgehead atoms. The minimum absolute atomic E-state index is 0.130. The van der Waals surface area contributed by atoms with Crippen LogP contribution in [0.4, 0.5) is 0 Å². The summed E-state index contributed by atoms with van der Waals surface area (Å²) in [7, 11) is 4.09. The van der Waals surface area contributed by atoms with Crippen LogP contribution in [0.5, 0.6) is 0 Å². The number of hydrogen-bond acceptors (Lipinski definition) is 5. The van der Waals surface area contributed by atoms with Crippen molar-refractivity contribution in [3.05, 3.63) is 71.8 Å². The first kappa shape index (κ1) is 20.4. The maximum absolute atomic E-state index is 11.6. The van der Waals surface area contributed by atoms with Crippen LogP contribution in [-0.4, -0.2) is 37.5 Å². The van der Waals surface area contributed by atoms with Crippen LogP contribution in [0.15, 0.2) is 60.7 Å². The van der Waals surface area contributed by atoms with Crippen molar-refractivity contribution in [1.82, 2.24) is 4.90 Å². The Balaban J connectivity index is 1.87. The monoisotopic (exact) mass is 367 g/mol. The maximum Gasteiger partial charge on any atom is 0.344 e. The number of ether oxygens (including phenoxy) is 2. The van der Waals surface area contributed by atoms with Gasteiger partial charge in [0.2, 0.25) is 0 Å². The number of nitrogens with zero attached hydrogens (tertiary/aromatic N) is 1. The summed E-state index contributed by atoms with van der Waals surface area (Å²) >= 11 is 0. The molecule has 0 aliphatic rings. The van der Waals surface area contributed by atoms with Crippen molar-refractivity contribution in [1.29, 1.82) is 0 Å². The number of hydrogen-bond donors (Lipinski definition) is 0. The van der Waals surface area contributed by atoms with Gasteiger partial charge in [0.15, 0.2) is 6.61 Å². The SMILES string of the molecule is C=C(C)C(=O)OCC(=O)OCc1ccc(-c2ccc(CN(C)C)cc2)cc1. The van der Waals surface area contributed by atoms with Crippen molar-refractivity contribution in [2.45, 2.75) is 20.1 Å². The summed E-state index contributed by atoms with van der Waals surface area (Å²) in [5.41, 5.74) is 4.60. The molecule has 2 aromatic rings. The second-order valence-corrected chi connectivity index (χ2v) is 6.65. The Morgan fingerprint density at radius 3 is 1.89 bits per heavy atom. The summed E-state index contributed by atoms with van der Waals surface area (Å²) in [4.78, 5) is 25.0.